The normalized spacial score (nSPS) is 20.4. The number of anilines is 1. The number of carboxylic acids is 1. The Bertz CT molecular complexity index is 902. The second-order valence-corrected chi connectivity index (χ2v) is 7.93. The predicted molar refractivity (Wildman–Crippen MR) is 101 cm³/mol. The number of carbonyl (C=O) groups is 1. The van der Waals surface area contributed by atoms with Gasteiger partial charge in [-0.15, -0.1) is 0 Å². The number of nitrogen functional groups attached to an aromatic ring is 1. The average Bonchev–Trinajstić information content (AvgIpc) is 3.04. The number of fused-ring (bicyclic) bond motifs is 3. The highest BCUT2D eigenvalue weighted by Gasteiger charge is 2.40. The van der Waals surface area contributed by atoms with Crippen LogP contribution in [0, 0.1) is 0 Å². The van der Waals surface area contributed by atoms with E-state index in [0.29, 0.717) is 43.1 Å². The number of nitrogens with zero attached hydrogens (tertiary/aromatic N) is 4. The molecule has 0 spiro atoms. The Labute approximate surface area is 162 Å². The molecular formula is C19H25N5O4. The third kappa shape index (κ3) is 3.35. The Morgan fingerprint density at radius 3 is 2.96 bits per heavy atom. The number of aromatic nitrogens is 4. The largest absolute Gasteiger partial charge is 0.477 e. The second-order valence-electron chi connectivity index (χ2n) is 7.93. The molecule has 2 aromatic rings. The maximum Gasteiger partial charge on any atom is 0.354 e. The maximum atomic E-state index is 12.1. The highest BCUT2D eigenvalue weighted by atomic mass is 16.7. The van der Waals surface area contributed by atoms with Gasteiger partial charge in [0, 0.05) is 18.4 Å². The van der Waals surface area contributed by atoms with E-state index in [1.54, 1.807) is 6.20 Å². The first kappa shape index (κ1) is 18.8. The molecule has 9 nitrogen and oxygen atoms in total. The molecule has 2 aliphatic rings. The van der Waals surface area contributed by atoms with Gasteiger partial charge < -0.3 is 20.3 Å². The topological polar surface area (TPSA) is 125 Å². The van der Waals surface area contributed by atoms with Crippen molar-refractivity contribution in [3.05, 3.63) is 23.0 Å². The van der Waals surface area contributed by atoms with Crippen LogP contribution in [0.4, 0.5) is 5.95 Å². The van der Waals surface area contributed by atoms with E-state index in [9.17, 15) is 9.90 Å². The van der Waals surface area contributed by atoms with Gasteiger partial charge in [-0.1, -0.05) is 13.8 Å². The molecule has 0 saturated carbocycles. The molecule has 0 amide bonds. The Balaban J connectivity index is 1.68. The second kappa shape index (κ2) is 7.14. The highest BCUT2D eigenvalue weighted by Crippen LogP contribution is 2.43. The van der Waals surface area contributed by atoms with E-state index in [4.69, 9.17) is 15.2 Å². The molecule has 3 N–H and O–H groups in total. The Morgan fingerprint density at radius 2 is 2.25 bits per heavy atom. The number of hydrogen-bond donors (Lipinski definition) is 2. The zero-order valence-corrected chi connectivity index (χ0v) is 16.1. The third-order valence-electron chi connectivity index (χ3n) is 5.32. The highest BCUT2D eigenvalue weighted by molar-refractivity contribution is 5.91. The average molecular weight is 387 g/mol. The van der Waals surface area contributed by atoms with E-state index in [-0.39, 0.29) is 17.9 Å². The van der Waals surface area contributed by atoms with Crippen LogP contribution in [0.2, 0.25) is 0 Å². The van der Waals surface area contributed by atoms with Crippen LogP contribution in [-0.2, 0) is 27.9 Å². The number of ether oxygens (including phenoxy) is 2. The van der Waals surface area contributed by atoms with Gasteiger partial charge >= 0.3 is 5.97 Å². The molecule has 1 atom stereocenters. The van der Waals surface area contributed by atoms with Crippen LogP contribution in [0.5, 0.6) is 0 Å². The summed E-state index contributed by atoms with van der Waals surface area (Å²) in [6.07, 6.45) is 5.08. The molecule has 1 saturated heterocycles. The van der Waals surface area contributed by atoms with Crippen LogP contribution in [0.15, 0.2) is 6.20 Å². The summed E-state index contributed by atoms with van der Waals surface area (Å²) in [5.74, 6) is -0.866. The molecule has 1 unspecified atom stereocenters. The number of nitrogens with two attached hydrogens (primary N) is 1. The summed E-state index contributed by atoms with van der Waals surface area (Å²) in [6, 6.07) is 0. The van der Waals surface area contributed by atoms with Gasteiger partial charge in [-0.3, -0.25) is 4.68 Å². The summed E-state index contributed by atoms with van der Waals surface area (Å²) in [6.45, 7) is 5.37. The first-order valence-electron chi connectivity index (χ1n) is 9.56. The zero-order valence-electron chi connectivity index (χ0n) is 16.1. The lowest BCUT2D eigenvalue weighted by molar-refractivity contribution is -0.163. The van der Waals surface area contributed by atoms with Gasteiger partial charge in [0.15, 0.2) is 12.0 Å². The van der Waals surface area contributed by atoms with E-state index in [0.717, 1.165) is 24.8 Å². The maximum absolute atomic E-state index is 12.1. The Kier molecular flexibility index (Phi) is 4.80. The molecule has 9 heteroatoms. The van der Waals surface area contributed by atoms with Crippen LogP contribution in [0.25, 0.3) is 11.4 Å². The fraction of sp³-hybridized carbons (Fsp3) is 0.579. The zero-order chi connectivity index (χ0) is 19.9. The number of aromatic carboxylic acids is 1. The van der Waals surface area contributed by atoms with Gasteiger partial charge in [-0.05, 0) is 36.7 Å². The van der Waals surface area contributed by atoms with Crippen molar-refractivity contribution >= 4 is 11.9 Å². The van der Waals surface area contributed by atoms with Crippen molar-refractivity contribution in [2.75, 3.05) is 18.9 Å². The van der Waals surface area contributed by atoms with Crippen LogP contribution in [0.3, 0.4) is 0 Å². The summed E-state index contributed by atoms with van der Waals surface area (Å²) in [5.41, 5.74) is 8.30. The quantitative estimate of drug-likeness (QED) is 0.798. The van der Waals surface area contributed by atoms with Crippen LogP contribution in [-0.4, -0.2) is 50.3 Å². The molecule has 3 heterocycles. The van der Waals surface area contributed by atoms with E-state index in [1.165, 1.54) is 4.68 Å². The van der Waals surface area contributed by atoms with Crippen LogP contribution in [0.1, 0.15) is 54.7 Å². The molecule has 150 valence electrons. The van der Waals surface area contributed by atoms with E-state index >= 15 is 0 Å². The molecule has 4 rings (SSSR count). The van der Waals surface area contributed by atoms with Crippen molar-refractivity contribution in [1.29, 1.82) is 0 Å². The van der Waals surface area contributed by atoms with Crippen LogP contribution >= 0.6 is 0 Å². The summed E-state index contributed by atoms with van der Waals surface area (Å²) in [5, 5.41) is 14.5. The van der Waals surface area contributed by atoms with E-state index in [2.05, 4.69) is 15.1 Å². The monoisotopic (exact) mass is 387 g/mol. The minimum Gasteiger partial charge on any atom is -0.477 e. The molecule has 2 aromatic heterocycles. The summed E-state index contributed by atoms with van der Waals surface area (Å²) >= 11 is 0. The molecule has 1 fully saturated rings. The van der Waals surface area contributed by atoms with Gasteiger partial charge in [-0.2, -0.15) is 5.10 Å². The summed E-state index contributed by atoms with van der Waals surface area (Å²) in [4.78, 5) is 20.5. The standard InChI is InChI=1S/C19H25N5O4/c1-19(2)9-11-10-21-18(20)22-14(11)15-13(19)16(17(25)26)24(23-15)6-8-28-12-5-3-4-7-27-12/h10,12H,3-9H2,1-2H3,(H,25,26)(H2,20,21,22). The van der Waals surface area contributed by atoms with Crippen molar-refractivity contribution in [1.82, 2.24) is 19.7 Å². The molecular weight excluding hydrogens is 362 g/mol. The van der Waals surface area contributed by atoms with Gasteiger partial charge in [0.25, 0.3) is 0 Å². The fourth-order valence-electron chi connectivity index (χ4n) is 4.08. The smallest absolute Gasteiger partial charge is 0.354 e. The first-order chi connectivity index (χ1) is 13.4. The third-order valence-corrected chi connectivity index (χ3v) is 5.32. The SMILES string of the molecule is CC1(C)Cc2cnc(N)nc2-c2nn(CCOC3CCCCO3)c(C(=O)O)c21. The molecule has 0 radical (unpaired) electrons. The lowest BCUT2D eigenvalue weighted by atomic mass is 9.73. The van der Waals surface area contributed by atoms with Gasteiger partial charge in [0.1, 0.15) is 5.69 Å². The van der Waals surface area contributed by atoms with E-state index in [1.807, 2.05) is 13.8 Å². The lowest BCUT2D eigenvalue weighted by Crippen LogP contribution is -2.29. The van der Waals surface area contributed by atoms with Crippen molar-refractivity contribution in [2.45, 2.75) is 57.8 Å². The molecule has 1 aliphatic carbocycles. The molecule has 0 aromatic carbocycles. The van der Waals surface area contributed by atoms with E-state index < -0.39 is 11.4 Å². The fourth-order valence-corrected chi connectivity index (χ4v) is 4.08. The van der Waals surface area contributed by atoms with Crippen molar-refractivity contribution < 1.29 is 19.4 Å². The summed E-state index contributed by atoms with van der Waals surface area (Å²) in [7, 11) is 0. The van der Waals surface area contributed by atoms with Gasteiger partial charge in [0.05, 0.1) is 18.8 Å². The molecule has 28 heavy (non-hydrogen) atoms. The Morgan fingerprint density at radius 1 is 1.43 bits per heavy atom. The molecule has 0 bridgehead atoms. The minimum atomic E-state index is -1.01. The lowest BCUT2D eigenvalue weighted by Gasteiger charge is -2.30. The van der Waals surface area contributed by atoms with Crippen molar-refractivity contribution in [2.24, 2.45) is 0 Å². The summed E-state index contributed by atoms with van der Waals surface area (Å²) < 4.78 is 12.8. The predicted octanol–water partition coefficient (Wildman–Crippen LogP) is 2.00. The van der Waals surface area contributed by atoms with Crippen molar-refractivity contribution in [3.63, 3.8) is 0 Å². The number of carboxylic acid groups (broad SMARTS) is 1. The van der Waals surface area contributed by atoms with Gasteiger partial charge in [-0.25, -0.2) is 14.8 Å². The van der Waals surface area contributed by atoms with Crippen molar-refractivity contribution in [3.8, 4) is 11.4 Å². The minimum absolute atomic E-state index is 0.147. The number of hydrogen-bond acceptors (Lipinski definition) is 7. The Hall–Kier alpha value is -2.52. The molecule has 1 aliphatic heterocycles. The number of rotatable bonds is 5. The first-order valence-corrected chi connectivity index (χ1v) is 9.56. The van der Waals surface area contributed by atoms with Gasteiger partial charge in [0.2, 0.25) is 5.95 Å². The van der Waals surface area contributed by atoms with Crippen LogP contribution < -0.4 is 5.73 Å².